The van der Waals surface area contributed by atoms with Crippen LogP contribution in [0.2, 0.25) is 0 Å². The number of nitrogens with two attached hydrogens (primary N) is 1. The van der Waals surface area contributed by atoms with Crippen LogP contribution in [0.3, 0.4) is 0 Å². The first-order valence-electron chi connectivity index (χ1n) is 10.2. The summed E-state index contributed by atoms with van der Waals surface area (Å²) in [5.41, 5.74) is 8.49. The first-order chi connectivity index (χ1) is 14.1. The normalized spacial score (nSPS) is 12.6. The molecule has 0 heterocycles. The molecule has 0 aliphatic rings. The second-order valence-electron chi connectivity index (χ2n) is 8.77. The van der Waals surface area contributed by atoms with Gasteiger partial charge in [-0.25, -0.2) is 0 Å². The van der Waals surface area contributed by atoms with Crippen molar-refractivity contribution in [2.75, 3.05) is 17.6 Å². The Morgan fingerprint density at radius 2 is 1.67 bits per heavy atom. The fourth-order valence-electron chi connectivity index (χ4n) is 3.17. The zero-order valence-electron chi connectivity index (χ0n) is 18.5. The predicted molar refractivity (Wildman–Crippen MR) is 126 cm³/mol. The number of rotatable bonds is 9. The van der Waals surface area contributed by atoms with E-state index in [4.69, 9.17) is 5.73 Å². The lowest BCUT2D eigenvalue weighted by atomic mass is 9.85. The lowest BCUT2D eigenvalue weighted by Gasteiger charge is -2.25. The van der Waals surface area contributed by atoms with Gasteiger partial charge in [0.2, 0.25) is 11.8 Å². The fourth-order valence-corrected chi connectivity index (χ4v) is 3.92. The molecule has 0 aromatic heterocycles. The van der Waals surface area contributed by atoms with E-state index in [0.717, 1.165) is 4.90 Å². The maximum atomic E-state index is 12.6. The van der Waals surface area contributed by atoms with Gasteiger partial charge in [0.1, 0.15) is 0 Å². The van der Waals surface area contributed by atoms with Crippen LogP contribution >= 0.6 is 11.8 Å². The SMILES string of the molecule is CC(C)[C@@H](NCC(=O)Nc1ccccc1SCC(N)=O)c1ccc(C(C)(C)C)cc1. The minimum Gasteiger partial charge on any atom is -0.369 e. The van der Waals surface area contributed by atoms with Crippen molar-refractivity contribution in [3.8, 4) is 0 Å². The van der Waals surface area contributed by atoms with Crippen molar-refractivity contribution in [1.29, 1.82) is 0 Å². The lowest BCUT2D eigenvalue weighted by Crippen LogP contribution is -2.33. The Balaban J connectivity index is 2.02. The number of amides is 2. The summed E-state index contributed by atoms with van der Waals surface area (Å²) in [5, 5.41) is 6.33. The molecule has 0 spiro atoms. The van der Waals surface area contributed by atoms with Gasteiger partial charge in [0.15, 0.2) is 0 Å². The van der Waals surface area contributed by atoms with E-state index in [0.29, 0.717) is 11.6 Å². The zero-order chi connectivity index (χ0) is 22.3. The van der Waals surface area contributed by atoms with Crippen molar-refractivity contribution < 1.29 is 9.59 Å². The Bertz CT molecular complexity index is 857. The molecule has 0 aliphatic heterocycles. The molecule has 30 heavy (non-hydrogen) atoms. The van der Waals surface area contributed by atoms with E-state index in [1.165, 1.54) is 22.9 Å². The summed E-state index contributed by atoms with van der Waals surface area (Å²) in [4.78, 5) is 24.5. The molecule has 0 radical (unpaired) electrons. The van der Waals surface area contributed by atoms with Gasteiger partial charge in [-0.15, -0.1) is 11.8 Å². The standard InChI is InChI=1S/C24H33N3O2S/c1-16(2)23(17-10-12-18(13-11-17)24(3,4)5)26-14-22(29)27-19-8-6-7-9-20(19)30-15-21(25)28/h6-13,16,23,26H,14-15H2,1-5H3,(H2,25,28)(H,27,29)/t23-/m1/s1. The summed E-state index contributed by atoms with van der Waals surface area (Å²) in [6.45, 7) is 11.1. The first-order valence-corrected chi connectivity index (χ1v) is 11.2. The van der Waals surface area contributed by atoms with Crippen LogP contribution < -0.4 is 16.4 Å². The van der Waals surface area contributed by atoms with Gasteiger partial charge < -0.3 is 16.4 Å². The van der Waals surface area contributed by atoms with Crippen molar-refractivity contribution in [3.63, 3.8) is 0 Å². The molecule has 2 aromatic carbocycles. The quantitative estimate of drug-likeness (QED) is 0.515. The van der Waals surface area contributed by atoms with Crippen LogP contribution in [0.4, 0.5) is 5.69 Å². The number of thioether (sulfide) groups is 1. The Morgan fingerprint density at radius 3 is 2.23 bits per heavy atom. The predicted octanol–water partition coefficient (Wildman–Crippen LogP) is 4.49. The summed E-state index contributed by atoms with van der Waals surface area (Å²) in [6, 6.07) is 16.1. The highest BCUT2D eigenvalue weighted by Crippen LogP contribution is 2.28. The molecular formula is C24H33N3O2S. The van der Waals surface area contributed by atoms with Gasteiger partial charge in [0.25, 0.3) is 0 Å². The van der Waals surface area contributed by atoms with Crippen LogP contribution in [-0.2, 0) is 15.0 Å². The monoisotopic (exact) mass is 427 g/mol. The molecule has 5 nitrogen and oxygen atoms in total. The Hall–Kier alpha value is -2.31. The highest BCUT2D eigenvalue weighted by Gasteiger charge is 2.19. The molecule has 1 atom stereocenters. The summed E-state index contributed by atoms with van der Waals surface area (Å²) in [6.07, 6.45) is 0. The van der Waals surface area contributed by atoms with Crippen molar-refractivity contribution in [2.45, 2.75) is 51.0 Å². The minimum absolute atomic E-state index is 0.0734. The van der Waals surface area contributed by atoms with E-state index in [2.05, 4.69) is 69.5 Å². The fraction of sp³-hybridized carbons (Fsp3) is 0.417. The summed E-state index contributed by atoms with van der Waals surface area (Å²) >= 11 is 1.32. The second-order valence-corrected chi connectivity index (χ2v) is 9.79. The van der Waals surface area contributed by atoms with E-state index < -0.39 is 0 Å². The summed E-state index contributed by atoms with van der Waals surface area (Å²) in [7, 11) is 0. The minimum atomic E-state index is -0.389. The topological polar surface area (TPSA) is 84.2 Å². The van der Waals surface area contributed by atoms with E-state index >= 15 is 0 Å². The average Bonchev–Trinajstić information content (AvgIpc) is 2.67. The zero-order valence-corrected chi connectivity index (χ0v) is 19.3. The third-order valence-electron chi connectivity index (χ3n) is 4.82. The number of benzene rings is 2. The van der Waals surface area contributed by atoms with E-state index in [-0.39, 0.29) is 35.6 Å². The molecule has 4 N–H and O–H groups in total. The number of carbonyl (C=O) groups excluding carboxylic acids is 2. The van der Waals surface area contributed by atoms with Crippen LogP contribution in [0.1, 0.15) is 51.8 Å². The van der Waals surface area contributed by atoms with Crippen LogP contribution in [0.15, 0.2) is 53.4 Å². The molecule has 162 valence electrons. The maximum absolute atomic E-state index is 12.6. The van der Waals surface area contributed by atoms with Crippen molar-refractivity contribution in [1.82, 2.24) is 5.32 Å². The number of nitrogens with one attached hydrogen (secondary N) is 2. The van der Waals surface area contributed by atoms with Gasteiger partial charge in [0.05, 0.1) is 18.0 Å². The van der Waals surface area contributed by atoms with Gasteiger partial charge in [0, 0.05) is 10.9 Å². The Labute approximate surface area is 184 Å². The molecule has 0 fully saturated rings. The van der Waals surface area contributed by atoms with E-state index in [9.17, 15) is 9.59 Å². The van der Waals surface area contributed by atoms with Gasteiger partial charge in [-0.1, -0.05) is 71.0 Å². The van der Waals surface area contributed by atoms with Gasteiger partial charge >= 0.3 is 0 Å². The number of hydrogen-bond acceptors (Lipinski definition) is 4. The molecule has 0 saturated heterocycles. The third-order valence-corrected chi connectivity index (χ3v) is 5.91. The second kappa shape index (κ2) is 10.6. The molecule has 6 heteroatoms. The van der Waals surface area contributed by atoms with E-state index in [1.54, 1.807) is 0 Å². The first kappa shape index (κ1) is 24.0. The number of carbonyl (C=O) groups is 2. The highest BCUT2D eigenvalue weighted by atomic mass is 32.2. The summed E-state index contributed by atoms with van der Waals surface area (Å²) in [5.74, 6) is -0.0127. The average molecular weight is 428 g/mol. The maximum Gasteiger partial charge on any atom is 0.238 e. The molecule has 2 rings (SSSR count). The number of para-hydroxylation sites is 1. The molecule has 2 aromatic rings. The van der Waals surface area contributed by atoms with E-state index in [1.807, 2.05) is 24.3 Å². The number of primary amides is 1. The Kier molecular flexibility index (Phi) is 8.50. The Morgan fingerprint density at radius 1 is 1.03 bits per heavy atom. The van der Waals surface area contributed by atoms with Crippen molar-refractivity contribution >= 4 is 29.3 Å². The van der Waals surface area contributed by atoms with Crippen LogP contribution in [0.25, 0.3) is 0 Å². The third kappa shape index (κ3) is 7.18. The van der Waals surface area contributed by atoms with Crippen LogP contribution in [-0.4, -0.2) is 24.1 Å². The van der Waals surface area contributed by atoms with Crippen LogP contribution in [0, 0.1) is 5.92 Å². The number of hydrogen-bond donors (Lipinski definition) is 3. The lowest BCUT2D eigenvalue weighted by molar-refractivity contribution is -0.116. The van der Waals surface area contributed by atoms with Gasteiger partial charge in [-0.2, -0.15) is 0 Å². The van der Waals surface area contributed by atoms with Crippen molar-refractivity contribution in [3.05, 3.63) is 59.7 Å². The molecule has 0 bridgehead atoms. The molecule has 0 aliphatic carbocycles. The van der Waals surface area contributed by atoms with Gasteiger partial charge in [-0.05, 0) is 34.6 Å². The molecule has 0 saturated carbocycles. The number of anilines is 1. The van der Waals surface area contributed by atoms with Crippen LogP contribution in [0.5, 0.6) is 0 Å². The molecule has 0 unspecified atom stereocenters. The molecular weight excluding hydrogens is 394 g/mol. The van der Waals surface area contributed by atoms with Crippen molar-refractivity contribution in [2.24, 2.45) is 11.7 Å². The summed E-state index contributed by atoms with van der Waals surface area (Å²) < 4.78 is 0. The van der Waals surface area contributed by atoms with Gasteiger partial charge in [-0.3, -0.25) is 9.59 Å². The smallest absolute Gasteiger partial charge is 0.238 e. The molecule has 2 amide bonds. The highest BCUT2D eigenvalue weighted by molar-refractivity contribution is 8.00. The largest absolute Gasteiger partial charge is 0.369 e.